The van der Waals surface area contributed by atoms with Crippen molar-refractivity contribution in [2.24, 2.45) is 4.99 Å². The van der Waals surface area contributed by atoms with Crippen LogP contribution in [0.15, 0.2) is 28.2 Å². The third kappa shape index (κ3) is 3.44. The highest BCUT2D eigenvalue weighted by Gasteiger charge is 2.24. The number of likely N-dealkylation sites (tertiary alicyclic amines) is 1. The largest absolute Gasteiger partial charge is 0.364 e. The molecule has 1 saturated heterocycles. The number of H-pyrrole nitrogens is 1. The topological polar surface area (TPSA) is 95.2 Å². The monoisotopic (exact) mass is 303 g/mol. The average Bonchev–Trinajstić information content (AvgIpc) is 3.25. The van der Waals surface area contributed by atoms with Crippen molar-refractivity contribution in [2.45, 2.75) is 32.2 Å². The smallest absolute Gasteiger partial charge is 0.194 e. The minimum absolute atomic E-state index is 0.456. The Kier molecular flexibility index (Phi) is 4.67. The number of aromatic nitrogens is 4. The first kappa shape index (κ1) is 14.6. The predicted molar refractivity (Wildman–Crippen MR) is 81.2 cm³/mol. The molecule has 2 N–H and O–H groups in total. The molecule has 1 aliphatic rings. The van der Waals surface area contributed by atoms with Gasteiger partial charge in [-0.1, -0.05) is 5.16 Å². The molecule has 2 aromatic heterocycles. The Morgan fingerprint density at radius 3 is 3.00 bits per heavy atom. The molecule has 0 aromatic carbocycles. The quantitative estimate of drug-likeness (QED) is 0.649. The molecule has 0 aliphatic carbocycles. The number of hydrogen-bond donors (Lipinski definition) is 2. The van der Waals surface area contributed by atoms with Crippen LogP contribution in [-0.4, -0.2) is 50.8 Å². The number of hydrogen-bond acceptors (Lipinski definition) is 5. The fourth-order valence-electron chi connectivity index (χ4n) is 2.68. The van der Waals surface area contributed by atoms with E-state index in [1.54, 1.807) is 12.6 Å². The van der Waals surface area contributed by atoms with Gasteiger partial charge in [0.25, 0.3) is 0 Å². The lowest BCUT2D eigenvalue weighted by atomic mass is 9.96. The number of aromatic amines is 1. The minimum Gasteiger partial charge on any atom is -0.364 e. The Hall–Kier alpha value is -2.38. The zero-order valence-electron chi connectivity index (χ0n) is 12.7. The number of guanidine groups is 1. The first-order valence-electron chi connectivity index (χ1n) is 7.64. The summed E-state index contributed by atoms with van der Waals surface area (Å²) in [5, 5.41) is 14.2. The lowest BCUT2D eigenvalue weighted by Gasteiger charge is -2.33. The van der Waals surface area contributed by atoms with Crippen LogP contribution in [0.5, 0.6) is 0 Å². The second-order valence-corrected chi connectivity index (χ2v) is 5.29. The summed E-state index contributed by atoms with van der Waals surface area (Å²) in [6, 6.07) is 1.84. The molecule has 0 spiro atoms. The summed E-state index contributed by atoms with van der Waals surface area (Å²) in [5.41, 5.74) is 0.840. The number of nitrogens with one attached hydrogen (secondary N) is 2. The van der Waals surface area contributed by atoms with E-state index in [0.717, 1.165) is 50.0 Å². The molecular weight excluding hydrogens is 282 g/mol. The van der Waals surface area contributed by atoms with Crippen LogP contribution in [0.1, 0.15) is 37.2 Å². The van der Waals surface area contributed by atoms with Gasteiger partial charge in [0.05, 0.1) is 6.54 Å². The molecule has 1 fully saturated rings. The Morgan fingerprint density at radius 2 is 2.36 bits per heavy atom. The van der Waals surface area contributed by atoms with Gasteiger partial charge in [-0.2, -0.15) is 5.10 Å². The third-order valence-corrected chi connectivity index (χ3v) is 3.83. The second-order valence-electron chi connectivity index (χ2n) is 5.29. The van der Waals surface area contributed by atoms with Crippen LogP contribution in [0, 0.1) is 0 Å². The molecule has 0 saturated carbocycles. The summed E-state index contributed by atoms with van der Waals surface area (Å²) in [6.45, 7) is 5.36. The molecule has 3 rings (SSSR count). The molecule has 0 atom stereocenters. The van der Waals surface area contributed by atoms with Crippen molar-refractivity contribution >= 4 is 5.96 Å². The van der Waals surface area contributed by atoms with Gasteiger partial charge in [-0.15, -0.1) is 0 Å². The van der Waals surface area contributed by atoms with Crippen molar-refractivity contribution in [1.29, 1.82) is 0 Å². The van der Waals surface area contributed by atoms with Gasteiger partial charge < -0.3 is 14.7 Å². The van der Waals surface area contributed by atoms with Crippen LogP contribution in [0.3, 0.4) is 0 Å². The fraction of sp³-hybridized carbons (Fsp3) is 0.571. The summed E-state index contributed by atoms with van der Waals surface area (Å²) in [6.07, 6.45) is 5.24. The number of piperidine rings is 1. The van der Waals surface area contributed by atoms with Crippen molar-refractivity contribution in [3.05, 3.63) is 30.2 Å². The van der Waals surface area contributed by atoms with E-state index in [9.17, 15) is 0 Å². The van der Waals surface area contributed by atoms with Gasteiger partial charge in [0.15, 0.2) is 5.96 Å². The number of rotatable bonds is 4. The van der Waals surface area contributed by atoms with Gasteiger partial charge in [0, 0.05) is 31.6 Å². The Labute approximate surface area is 129 Å². The molecule has 0 bridgehead atoms. The van der Waals surface area contributed by atoms with E-state index in [2.05, 4.69) is 42.5 Å². The summed E-state index contributed by atoms with van der Waals surface area (Å²) in [7, 11) is 0. The molecule has 2 aromatic rings. The summed E-state index contributed by atoms with van der Waals surface area (Å²) in [4.78, 5) is 11.2. The van der Waals surface area contributed by atoms with E-state index in [0.29, 0.717) is 12.5 Å². The fourth-order valence-corrected chi connectivity index (χ4v) is 2.68. The van der Waals surface area contributed by atoms with E-state index in [4.69, 9.17) is 4.52 Å². The van der Waals surface area contributed by atoms with Crippen molar-refractivity contribution < 1.29 is 4.52 Å². The van der Waals surface area contributed by atoms with Crippen LogP contribution < -0.4 is 5.32 Å². The van der Waals surface area contributed by atoms with Crippen molar-refractivity contribution in [1.82, 2.24) is 30.6 Å². The highest BCUT2D eigenvalue weighted by atomic mass is 16.5. The Bertz CT molecular complexity index is 570. The molecule has 22 heavy (non-hydrogen) atoms. The van der Waals surface area contributed by atoms with Crippen molar-refractivity contribution in [3.8, 4) is 0 Å². The zero-order chi connectivity index (χ0) is 15.2. The van der Waals surface area contributed by atoms with Gasteiger partial charge in [-0.05, 0) is 19.8 Å². The Balaban J connectivity index is 1.59. The van der Waals surface area contributed by atoms with Gasteiger partial charge in [-0.25, -0.2) is 9.98 Å². The van der Waals surface area contributed by atoms with Crippen molar-refractivity contribution in [2.75, 3.05) is 19.6 Å². The van der Waals surface area contributed by atoms with Gasteiger partial charge in [0.2, 0.25) is 0 Å². The zero-order valence-corrected chi connectivity index (χ0v) is 12.7. The molecule has 8 heteroatoms. The first-order valence-corrected chi connectivity index (χ1v) is 7.64. The third-order valence-electron chi connectivity index (χ3n) is 3.83. The van der Waals surface area contributed by atoms with E-state index in [1.807, 2.05) is 6.07 Å². The van der Waals surface area contributed by atoms with Crippen LogP contribution in [0.2, 0.25) is 0 Å². The maximum absolute atomic E-state index is 4.84. The van der Waals surface area contributed by atoms with Gasteiger partial charge >= 0.3 is 0 Å². The normalized spacial score (nSPS) is 17.0. The summed E-state index contributed by atoms with van der Waals surface area (Å²) < 4.78 is 4.84. The second kappa shape index (κ2) is 7.06. The molecule has 118 valence electrons. The Morgan fingerprint density at radius 1 is 1.50 bits per heavy atom. The van der Waals surface area contributed by atoms with E-state index >= 15 is 0 Å². The van der Waals surface area contributed by atoms with Crippen LogP contribution >= 0.6 is 0 Å². The van der Waals surface area contributed by atoms with Gasteiger partial charge in [-0.3, -0.25) is 5.10 Å². The molecule has 0 amide bonds. The summed E-state index contributed by atoms with van der Waals surface area (Å²) >= 11 is 0. The molecular formula is C14H21N7O. The molecule has 0 radical (unpaired) electrons. The van der Waals surface area contributed by atoms with Gasteiger partial charge in [0.1, 0.15) is 24.1 Å². The highest BCUT2D eigenvalue weighted by Crippen LogP contribution is 2.24. The maximum atomic E-state index is 4.84. The maximum Gasteiger partial charge on any atom is 0.194 e. The average molecular weight is 303 g/mol. The molecule has 0 unspecified atom stereocenters. The number of aliphatic imine (C=N–C) groups is 1. The number of nitrogens with zero attached hydrogens (tertiary/aromatic N) is 5. The predicted octanol–water partition coefficient (Wildman–Crippen LogP) is 1.14. The SMILES string of the molecule is CCNC(=NCc1ccon1)N1CCC(c2ncn[nH]2)CC1. The van der Waals surface area contributed by atoms with E-state index in [1.165, 1.54) is 0 Å². The van der Waals surface area contributed by atoms with Crippen LogP contribution in [-0.2, 0) is 6.54 Å². The first-order chi connectivity index (χ1) is 10.9. The minimum atomic E-state index is 0.456. The highest BCUT2D eigenvalue weighted by molar-refractivity contribution is 5.80. The van der Waals surface area contributed by atoms with Crippen LogP contribution in [0.25, 0.3) is 0 Å². The molecule has 1 aliphatic heterocycles. The molecule has 8 nitrogen and oxygen atoms in total. The lowest BCUT2D eigenvalue weighted by molar-refractivity contribution is 0.298. The van der Waals surface area contributed by atoms with E-state index in [-0.39, 0.29) is 0 Å². The van der Waals surface area contributed by atoms with Crippen molar-refractivity contribution in [3.63, 3.8) is 0 Å². The van der Waals surface area contributed by atoms with Crippen LogP contribution in [0.4, 0.5) is 0 Å². The lowest BCUT2D eigenvalue weighted by Crippen LogP contribution is -2.45. The standard InChI is InChI=1S/C14H21N7O/c1-2-15-14(16-9-12-5-8-22-20-12)21-6-3-11(4-7-21)13-17-10-18-19-13/h5,8,10-11H,2-4,6-7,9H2,1H3,(H,15,16)(H,17,18,19). The van der Waals surface area contributed by atoms with E-state index < -0.39 is 0 Å². The summed E-state index contributed by atoms with van der Waals surface area (Å²) in [5.74, 6) is 2.38. The molecule has 3 heterocycles.